The van der Waals surface area contributed by atoms with Crippen molar-refractivity contribution in [3.8, 4) is 5.75 Å². The fourth-order valence-electron chi connectivity index (χ4n) is 3.52. The number of carbonyl (C=O) groups is 1. The third kappa shape index (κ3) is 7.63. The van der Waals surface area contributed by atoms with Gasteiger partial charge < -0.3 is 13.8 Å². The molecule has 3 aromatic rings. The molecule has 1 amide bonds. The summed E-state index contributed by atoms with van der Waals surface area (Å²) in [5.41, 5.74) is 2.47. The number of aryl methyl sites for hydroxylation is 1. The Labute approximate surface area is 206 Å². The molecule has 186 valence electrons. The van der Waals surface area contributed by atoms with Gasteiger partial charge in [0.05, 0.1) is 6.61 Å². The smallest absolute Gasteiger partial charge is 0.339 e. The Kier molecular flexibility index (Phi) is 9.39. The molecule has 0 heterocycles. The fourth-order valence-corrected chi connectivity index (χ4v) is 4.45. The van der Waals surface area contributed by atoms with E-state index in [9.17, 15) is 17.6 Å². The van der Waals surface area contributed by atoms with Crippen LogP contribution in [0.3, 0.4) is 0 Å². The van der Waals surface area contributed by atoms with E-state index in [1.165, 1.54) is 11.6 Å². The quantitative estimate of drug-likeness (QED) is 0.319. The van der Waals surface area contributed by atoms with Crippen LogP contribution >= 0.6 is 0 Å². The molecule has 0 bridgehead atoms. The fraction of sp³-hybridized carbons (Fsp3) is 0.296. The number of hydrogen-bond acceptors (Lipinski definition) is 5. The molecule has 3 rings (SSSR count). The third-order valence-corrected chi connectivity index (χ3v) is 6.71. The number of ether oxygens (including phenoxy) is 1. The maximum atomic E-state index is 13.2. The summed E-state index contributed by atoms with van der Waals surface area (Å²) in [7, 11) is -2.56. The van der Waals surface area contributed by atoms with Gasteiger partial charge in [-0.15, -0.1) is 0 Å². The first-order valence-electron chi connectivity index (χ1n) is 11.5. The van der Waals surface area contributed by atoms with E-state index in [-0.39, 0.29) is 23.1 Å². The summed E-state index contributed by atoms with van der Waals surface area (Å²) in [6.45, 7) is 3.11. The van der Waals surface area contributed by atoms with Gasteiger partial charge in [0.25, 0.3) is 5.91 Å². The lowest BCUT2D eigenvalue weighted by Gasteiger charge is -2.23. The number of benzene rings is 3. The van der Waals surface area contributed by atoms with E-state index in [1.807, 2.05) is 24.3 Å². The molecule has 8 heteroatoms. The predicted octanol–water partition coefficient (Wildman–Crippen LogP) is 5.22. The molecule has 0 aliphatic heterocycles. The van der Waals surface area contributed by atoms with Gasteiger partial charge in [-0.2, -0.15) is 8.42 Å². The van der Waals surface area contributed by atoms with Crippen LogP contribution in [0, 0.1) is 5.82 Å². The number of methoxy groups -OCH3 is 1. The van der Waals surface area contributed by atoms with Crippen LogP contribution in [-0.4, -0.2) is 39.5 Å². The summed E-state index contributed by atoms with van der Waals surface area (Å²) >= 11 is 0. The number of halogens is 1. The Bertz CT molecular complexity index is 1210. The average molecular weight is 500 g/mol. The Balaban J connectivity index is 1.75. The molecule has 0 saturated heterocycles. The summed E-state index contributed by atoms with van der Waals surface area (Å²) in [6, 6.07) is 18.6. The number of hydrogen-bond donors (Lipinski definition) is 0. The monoisotopic (exact) mass is 499 g/mol. The lowest BCUT2D eigenvalue weighted by molar-refractivity contribution is 0.0680. The van der Waals surface area contributed by atoms with E-state index in [2.05, 4.69) is 6.92 Å². The second-order valence-corrected chi connectivity index (χ2v) is 9.71. The van der Waals surface area contributed by atoms with Crippen LogP contribution in [0.5, 0.6) is 5.75 Å². The molecule has 0 aliphatic rings. The molecule has 0 aliphatic carbocycles. The van der Waals surface area contributed by atoms with Gasteiger partial charge in [-0.05, 0) is 72.5 Å². The minimum Gasteiger partial charge on any atom is -0.383 e. The summed E-state index contributed by atoms with van der Waals surface area (Å²) < 4.78 is 48.7. The molecule has 0 N–H and O–H groups in total. The average Bonchev–Trinajstić information content (AvgIpc) is 2.85. The van der Waals surface area contributed by atoms with E-state index in [0.717, 1.165) is 43.5 Å². The van der Waals surface area contributed by atoms with Crippen molar-refractivity contribution in [2.45, 2.75) is 37.6 Å². The normalized spacial score (nSPS) is 11.3. The summed E-state index contributed by atoms with van der Waals surface area (Å²) in [5, 5.41) is 0. The Morgan fingerprint density at radius 3 is 2.34 bits per heavy atom. The van der Waals surface area contributed by atoms with E-state index >= 15 is 0 Å². The van der Waals surface area contributed by atoms with E-state index < -0.39 is 15.9 Å². The van der Waals surface area contributed by atoms with Gasteiger partial charge >= 0.3 is 10.1 Å². The molecule has 0 fully saturated rings. The van der Waals surface area contributed by atoms with Crippen molar-refractivity contribution < 1.29 is 26.5 Å². The van der Waals surface area contributed by atoms with Crippen molar-refractivity contribution in [1.82, 2.24) is 4.90 Å². The number of nitrogens with zero attached hydrogens (tertiary/aromatic N) is 1. The van der Waals surface area contributed by atoms with Gasteiger partial charge in [0.2, 0.25) is 0 Å². The zero-order valence-electron chi connectivity index (χ0n) is 19.9. The molecular weight excluding hydrogens is 469 g/mol. The van der Waals surface area contributed by atoms with Crippen LogP contribution in [0.15, 0.2) is 77.7 Å². The maximum Gasteiger partial charge on any atom is 0.339 e. The zero-order chi connectivity index (χ0) is 25.3. The molecular formula is C27H30FNO5S. The molecule has 6 nitrogen and oxygen atoms in total. The first-order chi connectivity index (χ1) is 16.8. The van der Waals surface area contributed by atoms with Crippen molar-refractivity contribution >= 4 is 16.0 Å². The molecule has 0 unspecified atom stereocenters. The van der Waals surface area contributed by atoms with Crippen LogP contribution in [-0.2, 0) is 27.8 Å². The first-order valence-corrected chi connectivity index (χ1v) is 12.9. The molecule has 3 aromatic carbocycles. The topological polar surface area (TPSA) is 72.9 Å². The number of unbranched alkanes of at least 4 members (excludes halogenated alkanes) is 1. The van der Waals surface area contributed by atoms with Crippen LogP contribution in [0.25, 0.3) is 0 Å². The highest BCUT2D eigenvalue weighted by Gasteiger charge is 2.19. The summed E-state index contributed by atoms with van der Waals surface area (Å²) in [4.78, 5) is 14.7. The van der Waals surface area contributed by atoms with Crippen molar-refractivity contribution in [2.24, 2.45) is 0 Å². The molecule has 0 atom stereocenters. The molecule has 0 radical (unpaired) electrons. The second-order valence-electron chi connectivity index (χ2n) is 8.16. The molecule has 35 heavy (non-hydrogen) atoms. The zero-order valence-corrected chi connectivity index (χ0v) is 20.8. The van der Waals surface area contributed by atoms with Crippen LogP contribution in [0.2, 0.25) is 0 Å². The molecule has 0 spiro atoms. The SMILES string of the molecule is CCCCc1ccc(C(=O)N(CCOC)Cc2cccc(OS(=O)(=O)c3ccc(F)cc3)c2)cc1. The number of amides is 1. The number of rotatable bonds is 12. The van der Waals surface area contributed by atoms with E-state index in [0.29, 0.717) is 24.3 Å². The predicted molar refractivity (Wildman–Crippen MR) is 132 cm³/mol. The van der Waals surface area contributed by atoms with Crippen LogP contribution in [0.1, 0.15) is 41.3 Å². The van der Waals surface area contributed by atoms with Gasteiger partial charge in [0.1, 0.15) is 16.5 Å². The highest BCUT2D eigenvalue weighted by molar-refractivity contribution is 7.87. The van der Waals surface area contributed by atoms with Crippen LogP contribution in [0.4, 0.5) is 4.39 Å². The Morgan fingerprint density at radius 1 is 0.971 bits per heavy atom. The number of carbonyl (C=O) groups excluding carboxylic acids is 1. The largest absolute Gasteiger partial charge is 0.383 e. The second kappa shape index (κ2) is 12.5. The van der Waals surface area contributed by atoms with Gasteiger partial charge in [-0.25, -0.2) is 4.39 Å². The van der Waals surface area contributed by atoms with Crippen LogP contribution < -0.4 is 4.18 Å². The lowest BCUT2D eigenvalue weighted by atomic mass is 10.1. The highest BCUT2D eigenvalue weighted by Crippen LogP contribution is 2.21. The summed E-state index contributed by atoms with van der Waals surface area (Å²) in [5.74, 6) is -0.581. The maximum absolute atomic E-state index is 13.2. The summed E-state index contributed by atoms with van der Waals surface area (Å²) in [6.07, 6.45) is 3.19. The Hall–Kier alpha value is -3.23. The van der Waals surface area contributed by atoms with Gasteiger partial charge in [-0.1, -0.05) is 37.6 Å². The first kappa shape index (κ1) is 26.4. The standard InChI is InChI=1S/C27H30FNO5S/c1-3-4-6-21-9-11-23(12-10-21)27(30)29(17-18-33-2)20-22-7-5-8-25(19-22)34-35(31,32)26-15-13-24(28)14-16-26/h5,7-16,19H,3-4,6,17-18,20H2,1-2H3. The van der Waals surface area contributed by atoms with E-state index in [1.54, 1.807) is 30.2 Å². The van der Waals surface area contributed by atoms with Crippen molar-refractivity contribution in [3.63, 3.8) is 0 Å². The van der Waals surface area contributed by atoms with Gasteiger partial charge in [0.15, 0.2) is 0 Å². The van der Waals surface area contributed by atoms with Gasteiger partial charge in [0, 0.05) is 25.8 Å². The highest BCUT2D eigenvalue weighted by atomic mass is 32.2. The third-order valence-electron chi connectivity index (χ3n) is 5.45. The van der Waals surface area contributed by atoms with Gasteiger partial charge in [-0.3, -0.25) is 4.79 Å². The van der Waals surface area contributed by atoms with Crippen molar-refractivity contribution in [2.75, 3.05) is 20.3 Å². The van der Waals surface area contributed by atoms with Crippen molar-refractivity contribution in [1.29, 1.82) is 0 Å². The minimum atomic E-state index is -4.13. The molecule has 0 saturated carbocycles. The Morgan fingerprint density at radius 2 is 1.69 bits per heavy atom. The lowest BCUT2D eigenvalue weighted by Crippen LogP contribution is -2.33. The minimum absolute atomic E-state index is 0.103. The molecule has 0 aromatic heterocycles. The van der Waals surface area contributed by atoms with Crippen molar-refractivity contribution in [3.05, 3.63) is 95.3 Å². The van der Waals surface area contributed by atoms with E-state index in [4.69, 9.17) is 8.92 Å².